The van der Waals surface area contributed by atoms with E-state index in [0.29, 0.717) is 5.56 Å². The van der Waals surface area contributed by atoms with E-state index in [4.69, 9.17) is 23.7 Å². The van der Waals surface area contributed by atoms with E-state index >= 15 is 0 Å². The van der Waals surface area contributed by atoms with Crippen LogP contribution in [0.4, 0.5) is 0 Å². The van der Waals surface area contributed by atoms with Crippen molar-refractivity contribution < 1.29 is 42.9 Å². The molecule has 9 nitrogen and oxygen atoms in total. The number of ether oxygens (including phenoxy) is 5. The van der Waals surface area contributed by atoms with Gasteiger partial charge in [-0.25, -0.2) is 19.2 Å². The highest BCUT2D eigenvalue weighted by atomic mass is 16.8. The molecule has 5 rings (SSSR count). The molecule has 4 aromatic carbocycles. The third kappa shape index (κ3) is 7.76. The van der Waals surface area contributed by atoms with E-state index in [9.17, 15) is 19.2 Å². The van der Waals surface area contributed by atoms with Gasteiger partial charge in [-0.15, -0.1) is 0 Å². The predicted octanol–water partition coefficient (Wildman–Crippen LogP) is 6.50. The SMILES string of the molecule is Cc1ccc(C(=O)OC[C@H]2O[C@H](OC(=O)c3ccc(C)cc3)[C@](C)(OC(=O)c3ccc(C)cc3)[C@@H]2OC(=O)c2ccc(C)cc2)cc1. The molecule has 4 atom stereocenters. The molecule has 0 unspecified atom stereocenters. The molecule has 1 fully saturated rings. The highest BCUT2D eigenvalue weighted by molar-refractivity contribution is 5.92. The molecule has 1 aliphatic rings. The minimum absolute atomic E-state index is 0.221. The number of aryl methyl sites for hydroxylation is 4. The largest absolute Gasteiger partial charge is 0.459 e. The standard InChI is InChI=1S/C38H36O9/c1-23-6-14-27(15-7-23)33(39)43-22-31-32(45-34(40)28-16-8-24(2)9-17-28)38(5,47-36(42)30-20-12-26(4)13-21-30)37(44-31)46-35(41)29-18-10-25(3)11-19-29/h6-21,31-32,37H,22H2,1-5H3/t31-,32-,37-,38-/m1/s1. The first-order chi connectivity index (χ1) is 22.4. The van der Waals surface area contributed by atoms with Crippen molar-refractivity contribution in [2.45, 2.75) is 58.7 Å². The molecule has 0 amide bonds. The van der Waals surface area contributed by atoms with E-state index in [2.05, 4.69) is 0 Å². The molecule has 0 aliphatic carbocycles. The Morgan fingerprint density at radius 2 is 0.915 bits per heavy atom. The van der Waals surface area contributed by atoms with Crippen LogP contribution in [0.25, 0.3) is 0 Å². The summed E-state index contributed by atoms with van der Waals surface area (Å²) in [5.41, 5.74) is 2.89. The molecule has 242 valence electrons. The average Bonchev–Trinajstić information content (AvgIpc) is 3.30. The zero-order valence-electron chi connectivity index (χ0n) is 26.9. The second-order valence-corrected chi connectivity index (χ2v) is 11.9. The first kappa shape index (κ1) is 33.1. The Kier molecular flexibility index (Phi) is 9.86. The minimum Gasteiger partial charge on any atom is -0.459 e. The number of carbonyl (C=O) groups is 4. The molecule has 1 heterocycles. The molecule has 0 radical (unpaired) electrons. The number of carbonyl (C=O) groups excluding carboxylic acids is 4. The monoisotopic (exact) mass is 636 g/mol. The van der Waals surface area contributed by atoms with Crippen LogP contribution < -0.4 is 0 Å². The molecule has 47 heavy (non-hydrogen) atoms. The minimum atomic E-state index is -1.87. The average molecular weight is 637 g/mol. The fourth-order valence-corrected chi connectivity index (χ4v) is 5.05. The van der Waals surface area contributed by atoms with Gasteiger partial charge in [0.05, 0.1) is 22.3 Å². The summed E-state index contributed by atoms with van der Waals surface area (Å²) < 4.78 is 29.6. The summed E-state index contributed by atoms with van der Waals surface area (Å²) in [5, 5.41) is 0. The molecule has 0 bridgehead atoms. The lowest BCUT2D eigenvalue weighted by molar-refractivity contribution is -0.175. The summed E-state index contributed by atoms with van der Waals surface area (Å²) in [4.78, 5) is 53.3. The van der Waals surface area contributed by atoms with Crippen LogP contribution >= 0.6 is 0 Å². The van der Waals surface area contributed by atoms with Crippen LogP contribution in [0.1, 0.15) is 70.6 Å². The van der Waals surface area contributed by atoms with Crippen molar-refractivity contribution in [2.75, 3.05) is 6.61 Å². The highest BCUT2D eigenvalue weighted by Crippen LogP contribution is 2.39. The molecule has 0 saturated carbocycles. The van der Waals surface area contributed by atoms with Gasteiger partial charge in [0.25, 0.3) is 0 Å². The lowest BCUT2D eigenvalue weighted by atomic mass is 9.96. The Morgan fingerprint density at radius 3 is 1.34 bits per heavy atom. The van der Waals surface area contributed by atoms with Crippen LogP contribution in [-0.2, 0) is 23.7 Å². The second-order valence-electron chi connectivity index (χ2n) is 11.9. The number of esters is 4. The Balaban J connectivity index is 1.49. The van der Waals surface area contributed by atoms with Crippen LogP contribution in [0.5, 0.6) is 0 Å². The number of hydrogen-bond donors (Lipinski definition) is 0. The Hall–Kier alpha value is -5.28. The topological polar surface area (TPSA) is 114 Å². The van der Waals surface area contributed by atoms with Crippen molar-refractivity contribution in [1.29, 1.82) is 0 Å². The number of benzene rings is 4. The molecular weight excluding hydrogens is 600 g/mol. The summed E-state index contributed by atoms with van der Waals surface area (Å²) >= 11 is 0. The zero-order chi connectivity index (χ0) is 33.7. The maximum Gasteiger partial charge on any atom is 0.340 e. The summed E-state index contributed by atoms with van der Waals surface area (Å²) in [5.74, 6) is -2.90. The van der Waals surface area contributed by atoms with Gasteiger partial charge in [0.1, 0.15) is 12.7 Å². The smallest absolute Gasteiger partial charge is 0.340 e. The van der Waals surface area contributed by atoms with Crippen LogP contribution in [-0.4, -0.2) is 54.6 Å². The molecule has 0 spiro atoms. The van der Waals surface area contributed by atoms with Gasteiger partial charge in [0.15, 0.2) is 6.10 Å². The maximum absolute atomic E-state index is 13.5. The fourth-order valence-electron chi connectivity index (χ4n) is 5.05. The molecule has 9 heteroatoms. The van der Waals surface area contributed by atoms with Gasteiger partial charge < -0.3 is 23.7 Å². The van der Waals surface area contributed by atoms with Crippen LogP contribution in [0.3, 0.4) is 0 Å². The van der Waals surface area contributed by atoms with E-state index in [0.717, 1.165) is 22.3 Å². The van der Waals surface area contributed by atoms with Crippen LogP contribution in [0.2, 0.25) is 0 Å². The highest BCUT2D eigenvalue weighted by Gasteiger charge is 2.61. The molecule has 1 saturated heterocycles. The van der Waals surface area contributed by atoms with Gasteiger partial charge in [-0.2, -0.15) is 0 Å². The molecule has 4 aromatic rings. The van der Waals surface area contributed by atoms with Crippen molar-refractivity contribution in [3.63, 3.8) is 0 Å². The van der Waals surface area contributed by atoms with Crippen molar-refractivity contribution in [3.05, 3.63) is 142 Å². The molecule has 1 aliphatic heterocycles. The van der Waals surface area contributed by atoms with Gasteiger partial charge in [-0.1, -0.05) is 70.8 Å². The number of hydrogen-bond acceptors (Lipinski definition) is 9. The van der Waals surface area contributed by atoms with Gasteiger partial charge in [0, 0.05) is 0 Å². The van der Waals surface area contributed by atoms with Gasteiger partial charge >= 0.3 is 23.9 Å². The maximum atomic E-state index is 13.5. The van der Waals surface area contributed by atoms with Gasteiger partial charge in [-0.05, 0) is 83.1 Å². The first-order valence-corrected chi connectivity index (χ1v) is 15.2. The summed E-state index contributed by atoms with van der Waals surface area (Å²) in [6.45, 7) is 8.59. The predicted molar refractivity (Wildman–Crippen MR) is 172 cm³/mol. The van der Waals surface area contributed by atoms with Crippen molar-refractivity contribution in [2.24, 2.45) is 0 Å². The van der Waals surface area contributed by atoms with Crippen molar-refractivity contribution in [1.82, 2.24) is 0 Å². The molecule has 0 aromatic heterocycles. The van der Waals surface area contributed by atoms with Crippen molar-refractivity contribution in [3.8, 4) is 0 Å². The van der Waals surface area contributed by atoms with Crippen LogP contribution in [0, 0.1) is 27.7 Å². The van der Waals surface area contributed by atoms with E-state index in [1.54, 1.807) is 97.1 Å². The summed E-state index contributed by atoms with van der Waals surface area (Å²) in [6, 6.07) is 26.9. The fraction of sp³-hybridized carbons (Fsp3) is 0.263. The quantitative estimate of drug-likeness (QED) is 0.150. The second kappa shape index (κ2) is 14.0. The first-order valence-electron chi connectivity index (χ1n) is 15.2. The van der Waals surface area contributed by atoms with Gasteiger partial charge in [-0.3, -0.25) is 0 Å². The van der Waals surface area contributed by atoms with E-state index in [1.165, 1.54) is 6.92 Å². The normalized spacial score (nSPS) is 20.2. The summed E-state index contributed by atoms with van der Waals surface area (Å²) in [7, 11) is 0. The third-order valence-electron chi connectivity index (χ3n) is 7.96. The lowest BCUT2D eigenvalue weighted by Gasteiger charge is -2.33. The Bertz CT molecular complexity index is 1740. The van der Waals surface area contributed by atoms with E-state index in [-0.39, 0.29) is 16.7 Å². The number of rotatable bonds is 9. The van der Waals surface area contributed by atoms with E-state index in [1.807, 2.05) is 27.7 Å². The third-order valence-corrected chi connectivity index (χ3v) is 7.96. The molecule has 0 N–H and O–H groups in total. The molecular formula is C38H36O9. The van der Waals surface area contributed by atoms with Crippen molar-refractivity contribution >= 4 is 23.9 Å². The Labute approximate surface area is 273 Å². The van der Waals surface area contributed by atoms with E-state index < -0.39 is 54.6 Å². The van der Waals surface area contributed by atoms with Gasteiger partial charge in [0.2, 0.25) is 11.9 Å². The lowest BCUT2D eigenvalue weighted by Crippen LogP contribution is -2.53. The Morgan fingerprint density at radius 1 is 0.553 bits per heavy atom. The zero-order valence-corrected chi connectivity index (χ0v) is 26.9. The summed E-state index contributed by atoms with van der Waals surface area (Å²) in [6.07, 6.45) is -4.11. The van der Waals surface area contributed by atoms with Crippen LogP contribution in [0.15, 0.2) is 97.1 Å².